The van der Waals surface area contributed by atoms with Crippen LogP contribution in [0.15, 0.2) is 35.5 Å². The van der Waals surface area contributed by atoms with Crippen molar-refractivity contribution in [3.63, 3.8) is 0 Å². The molecule has 8 nitrogen and oxygen atoms in total. The van der Waals surface area contributed by atoms with E-state index in [4.69, 9.17) is 9.47 Å². The molecule has 9 heteroatoms. The Hall–Kier alpha value is -2.13. The summed E-state index contributed by atoms with van der Waals surface area (Å²) in [5, 5.41) is 8.05. The normalized spacial score (nSPS) is 13.0. The molecule has 1 unspecified atom stereocenters. The van der Waals surface area contributed by atoms with Gasteiger partial charge in [-0.15, -0.1) is 0 Å². The summed E-state index contributed by atoms with van der Waals surface area (Å²) in [5.74, 6) is 0.888. The minimum Gasteiger partial charge on any atom is -0.493 e. The summed E-state index contributed by atoms with van der Waals surface area (Å²) in [6.07, 6.45) is 3.11. The average Bonchev–Trinajstić information content (AvgIpc) is 3.06. The van der Waals surface area contributed by atoms with Crippen LogP contribution >= 0.6 is 0 Å². The van der Waals surface area contributed by atoms with Crippen LogP contribution in [-0.4, -0.2) is 43.7 Å². The van der Waals surface area contributed by atoms with E-state index in [2.05, 4.69) is 14.9 Å². The van der Waals surface area contributed by atoms with Crippen molar-refractivity contribution in [2.24, 2.45) is 5.92 Å². The number of ether oxygens (including phenoxy) is 2. The molecule has 2 aromatic rings. The highest BCUT2D eigenvalue weighted by atomic mass is 32.2. The minimum absolute atomic E-state index is 0.0610. The molecule has 0 aliphatic carbocycles. The lowest BCUT2D eigenvalue weighted by Gasteiger charge is -2.22. The van der Waals surface area contributed by atoms with Crippen LogP contribution in [-0.2, 0) is 16.6 Å². The fourth-order valence-corrected chi connectivity index (χ4v) is 3.54. The summed E-state index contributed by atoms with van der Waals surface area (Å²) in [6, 6.07) is 4.13. The van der Waals surface area contributed by atoms with Crippen molar-refractivity contribution in [1.29, 1.82) is 0 Å². The van der Waals surface area contributed by atoms with E-state index in [9.17, 15) is 8.42 Å². The topological polar surface area (TPSA) is 95.3 Å². The second-order valence-corrected chi connectivity index (χ2v) is 7.29. The number of sulfonamides is 1. The number of methoxy groups -OCH3 is 2. The highest BCUT2D eigenvalue weighted by molar-refractivity contribution is 7.89. The molecule has 1 aromatic carbocycles. The van der Waals surface area contributed by atoms with Gasteiger partial charge < -0.3 is 9.47 Å². The molecule has 0 aliphatic rings. The smallest absolute Gasteiger partial charge is 0.241 e. The first-order valence-corrected chi connectivity index (χ1v) is 8.94. The van der Waals surface area contributed by atoms with Crippen LogP contribution in [0.5, 0.6) is 11.5 Å². The highest BCUT2D eigenvalue weighted by Gasteiger charge is 2.24. The number of nitrogens with zero attached hydrogens (tertiary/aromatic N) is 3. The van der Waals surface area contributed by atoms with E-state index in [0.717, 1.165) is 0 Å². The number of hydrogen-bond acceptors (Lipinski definition) is 6. The molecule has 0 bridgehead atoms. The Labute approximate surface area is 141 Å². The molecule has 1 N–H and O–H groups in total. The van der Waals surface area contributed by atoms with Gasteiger partial charge in [0, 0.05) is 12.1 Å². The van der Waals surface area contributed by atoms with E-state index in [1.165, 1.54) is 31.1 Å². The summed E-state index contributed by atoms with van der Waals surface area (Å²) < 4.78 is 38.4. The van der Waals surface area contributed by atoms with E-state index >= 15 is 0 Å². The van der Waals surface area contributed by atoms with Crippen LogP contribution in [0.2, 0.25) is 0 Å². The Morgan fingerprint density at radius 1 is 1.12 bits per heavy atom. The van der Waals surface area contributed by atoms with Crippen LogP contribution in [0.4, 0.5) is 0 Å². The summed E-state index contributed by atoms with van der Waals surface area (Å²) >= 11 is 0. The van der Waals surface area contributed by atoms with Crippen LogP contribution in [0, 0.1) is 5.92 Å². The molecule has 0 aliphatic heterocycles. The first-order chi connectivity index (χ1) is 11.4. The molecule has 0 amide bonds. The molecule has 2 rings (SSSR count). The van der Waals surface area contributed by atoms with Gasteiger partial charge in [-0.2, -0.15) is 15.0 Å². The van der Waals surface area contributed by atoms with Gasteiger partial charge >= 0.3 is 0 Å². The van der Waals surface area contributed by atoms with Gasteiger partial charge in [-0.3, -0.25) is 0 Å². The van der Waals surface area contributed by atoms with Gasteiger partial charge in [0.2, 0.25) is 10.0 Å². The Morgan fingerprint density at radius 2 is 1.75 bits per heavy atom. The Kier molecular flexibility index (Phi) is 5.79. The molecule has 1 atom stereocenters. The SMILES string of the molecule is COc1ccc(S(=O)(=O)NC(Cn2nccn2)C(C)C)cc1OC. The van der Waals surface area contributed by atoms with Crippen LogP contribution in [0.25, 0.3) is 0 Å². The van der Waals surface area contributed by atoms with E-state index in [1.807, 2.05) is 13.8 Å². The maximum Gasteiger partial charge on any atom is 0.241 e. The van der Waals surface area contributed by atoms with Crippen molar-refractivity contribution in [1.82, 2.24) is 19.7 Å². The van der Waals surface area contributed by atoms with Crippen molar-refractivity contribution in [3.8, 4) is 11.5 Å². The predicted molar refractivity (Wildman–Crippen MR) is 88.5 cm³/mol. The Morgan fingerprint density at radius 3 is 2.29 bits per heavy atom. The first kappa shape index (κ1) is 18.2. The van der Waals surface area contributed by atoms with Crippen LogP contribution < -0.4 is 14.2 Å². The number of nitrogens with one attached hydrogen (secondary N) is 1. The average molecular weight is 354 g/mol. The van der Waals surface area contributed by atoms with E-state index in [0.29, 0.717) is 18.0 Å². The van der Waals surface area contributed by atoms with E-state index in [-0.39, 0.29) is 16.9 Å². The van der Waals surface area contributed by atoms with Crippen LogP contribution in [0.3, 0.4) is 0 Å². The summed E-state index contributed by atoms with van der Waals surface area (Å²) in [6.45, 7) is 4.22. The number of benzene rings is 1. The largest absolute Gasteiger partial charge is 0.493 e. The molecule has 0 fully saturated rings. The number of rotatable bonds is 8. The third-order valence-electron chi connectivity index (χ3n) is 3.60. The zero-order valence-corrected chi connectivity index (χ0v) is 14.9. The minimum atomic E-state index is -3.72. The van der Waals surface area contributed by atoms with Gasteiger partial charge in [0.15, 0.2) is 11.5 Å². The standard InChI is InChI=1S/C15H22N4O4S/c1-11(2)13(10-19-16-7-8-17-19)18-24(20,21)12-5-6-14(22-3)15(9-12)23-4/h5-9,11,13,18H,10H2,1-4H3. The Balaban J connectivity index is 2.25. The summed E-state index contributed by atoms with van der Waals surface area (Å²) in [5.41, 5.74) is 0. The molecular weight excluding hydrogens is 332 g/mol. The fourth-order valence-electron chi connectivity index (χ4n) is 2.15. The summed E-state index contributed by atoms with van der Waals surface area (Å²) in [7, 11) is -0.763. The second-order valence-electron chi connectivity index (χ2n) is 5.57. The predicted octanol–water partition coefficient (Wildman–Crippen LogP) is 1.30. The Bertz CT molecular complexity index is 760. The van der Waals surface area contributed by atoms with Crippen LogP contribution in [0.1, 0.15) is 13.8 Å². The van der Waals surface area contributed by atoms with Gasteiger partial charge in [0.1, 0.15) is 0 Å². The molecular formula is C15H22N4O4S. The zero-order valence-electron chi connectivity index (χ0n) is 14.1. The molecule has 1 heterocycles. The van der Waals surface area contributed by atoms with E-state index < -0.39 is 10.0 Å². The zero-order chi connectivity index (χ0) is 17.7. The summed E-state index contributed by atoms with van der Waals surface area (Å²) in [4.78, 5) is 1.57. The van der Waals surface area contributed by atoms with Gasteiger partial charge in [0.05, 0.1) is 38.1 Å². The fraction of sp³-hybridized carbons (Fsp3) is 0.467. The third kappa shape index (κ3) is 4.24. The van der Waals surface area contributed by atoms with Gasteiger partial charge in [0.25, 0.3) is 0 Å². The highest BCUT2D eigenvalue weighted by Crippen LogP contribution is 2.29. The van der Waals surface area contributed by atoms with Crippen molar-refractivity contribution in [2.45, 2.75) is 31.3 Å². The van der Waals surface area contributed by atoms with Gasteiger partial charge in [-0.1, -0.05) is 13.8 Å². The molecule has 1 aromatic heterocycles. The maximum absolute atomic E-state index is 12.7. The molecule has 0 saturated heterocycles. The molecule has 0 saturated carbocycles. The van der Waals surface area contributed by atoms with Crippen molar-refractivity contribution < 1.29 is 17.9 Å². The van der Waals surface area contributed by atoms with Crippen molar-refractivity contribution >= 4 is 10.0 Å². The third-order valence-corrected chi connectivity index (χ3v) is 5.09. The van der Waals surface area contributed by atoms with E-state index in [1.54, 1.807) is 18.5 Å². The quantitative estimate of drug-likeness (QED) is 0.768. The second kappa shape index (κ2) is 7.63. The maximum atomic E-state index is 12.7. The van der Waals surface area contributed by atoms with Crippen molar-refractivity contribution in [3.05, 3.63) is 30.6 Å². The molecule has 0 radical (unpaired) electrons. The monoisotopic (exact) mass is 354 g/mol. The number of aromatic nitrogens is 3. The lowest BCUT2D eigenvalue weighted by atomic mass is 10.1. The molecule has 132 valence electrons. The molecule has 0 spiro atoms. The van der Waals surface area contributed by atoms with Gasteiger partial charge in [-0.25, -0.2) is 13.1 Å². The lowest BCUT2D eigenvalue weighted by Crippen LogP contribution is -2.41. The lowest BCUT2D eigenvalue weighted by molar-refractivity contribution is 0.353. The van der Waals surface area contributed by atoms with Crippen molar-refractivity contribution in [2.75, 3.05) is 14.2 Å². The van der Waals surface area contributed by atoms with Gasteiger partial charge in [-0.05, 0) is 18.1 Å². The molecule has 24 heavy (non-hydrogen) atoms. The first-order valence-electron chi connectivity index (χ1n) is 7.46. The number of hydrogen-bond donors (Lipinski definition) is 1.